The van der Waals surface area contributed by atoms with Gasteiger partial charge in [0.2, 0.25) is 5.91 Å². The first-order valence-corrected chi connectivity index (χ1v) is 6.68. The number of nitrogens with zero attached hydrogens (tertiary/aromatic N) is 2. The Morgan fingerprint density at radius 3 is 2.71 bits per heavy atom. The zero-order valence-corrected chi connectivity index (χ0v) is 11.3. The summed E-state index contributed by atoms with van der Waals surface area (Å²) in [4.78, 5) is 15.1. The average Bonchev–Trinajstić information content (AvgIpc) is 2.78. The van der Waals surface area contributed by atoms with E-state index in [1.54, 1.807) is 16.2 Å². The minimum absolute atomic E-state index is 0.0570. The van der Waals surface area contributed by atoms with Gasteiger partial charge in [-0.15, -0.1) is 11.3 Å². The minimum atomic E-state index is -0.532. The van der Waals surface area contributed by atoms with Crippen LogP contribution in [0.25, 0.3) is 0 Å². The van der Waals surface area contributed by atoms with E-state index >= 15 is 0 Å². The van der Waals surface area contributed by atoms with E-state index in [0.29, 0.717) is 13.1 Å². The van der Waals surface area contributed by atoms with Crippen LogP contribution in [0.1, 0.15) is 25.6 Å². The number of nitriles is 1. The van der Waals surface area contributed by atoms with Gasteiger partial charge in [0.1, 0.15) is 5.92 Å². The van der Waals surface area contributed by atoms with Crippen molar-refractivity contribution in [2.75, 3.05) is 6.54 Å². The zero-order valence-electron chi connectivity index (χ0n) is 10.5. The van der Waals surface area contributed by atoms with Gasteiger partial charge in [-0.25, -0.2) is 0 Å². The molecule has 0 aliphatic rings. The molecule has 1 aromatic rings. The van der Waals surface area contributed by atoms with Crippen molar-refractivity contribution in [3.8, 4) is 6.07 Å². The number of hydrogen-bond acceptors (Lipinski definition) is 3. The largest absolute Gasteiger partial charge is 0.337 e. The lowest BCUT2D eigenvalue weighted by molar-refractivity contribution is -0.135. The van der Waals surface area contributed by atoms with Crippen molar-refractivity contribution in [2.45, 2.75) is 27.3 Å². The van der Waals surface area contributed by atoms with Gasteiger partial charge in [-0.1, -0.05) is 19.9 Å². The maximum Gasteiger partial charge on any atom is 0.240 e. The number of rotatable bonds is 5. The average molecular weight is 250 g/mol. The van der Waals surface area contributed by atoms with Gasteiger partial charge < -0.3 is 4.90 Å². The summed E-state index contributed by atoms with van der Waals surface area (Å²) in [6, 6.07) is 6.09. The third kappa shape index (κ3) is 3.57. The van der Waals surface area contributed by atoms with Crippen LogP contribution in [0, 0.1) is 23.2 Å². The molecule has 4 heteroatoms. The molecule has 3 nitrogen and oxygen atoms in total. The molecule has 0 aliphatic carbocycles. The Kier molecular flexibility index (Phi) is 5.17. The lowest BCUT2D eigenvalue weighted by atomic mass is 9.96. The van der Waals surface area contributed by atoms with Crippen LogP contribution in [0.15, 0.2) is 17.5 Å². The van der Waals surface area contributed by atoms with Crippen LogP contribution in [-0.2, 0) is 11.3 Å². The first-order chi connectivity index (χ1) is 8.10. The number of carbonyl (C=O) groups excluding carboxylic acids is 1. The second-order valence-electron chi connectivity index (χ2n) is 4.28. The maximum absolute atomic E-state index is 12.2. The summed E-state index contributed by atoms with van der Waals surface area (Å²) in [7, 11) is 0. The van der Waals surface area contributed by atoms with Crippen LogP contribution in [-0.4, -0.2) is 17.4 Å². The molecule has 92 valence electrons. The molecule has 0 aromatic carbocycles. The summed E-state index contributed by atoms with van der Waals surface area (Å²) in [6.07, 6.45) is 0. The molecule has 1 rings (SSSR count). The lowest BCUT2D eigenvalue weighted by Crippen LogP contribution is -2.36. The molecule has 0 radical (unpaired) electrons. The highest BCUT2D eigenvalue weighted by atomic mass is 32.1. The summed E-state index contributed by atoms with van der Waals surface area (Å²) in [5, 5.41) is 11.0. The van der Waals surface area contributed by atoms with Crippen LogP contribution in [0.3, 0.4) is 0 Å². The standard InChI is InChI=1S/C13H18N2OS/c1-4-15(9-11-6-5-7-17-11)13(16)12(8-14)10(2)3/h5-7,10,12H,4,9H2,1-3H3. The fraction of sp³-hybridized carbons (Fsp3) is 0.538. The molecule has 0 spiro atoms. The van der Waals surface area contributed by atoms with Crippen LogP contribution >= 0.6 is 11.3 Å². The first kappa shape index (κ1) is 13.7. The third-order valence-electron chi connectivity index (χ3n) is 2.69. The quantitative estimate of drug-likeness (QED) is 0.806. The monoisotopic (exact) mass is 250 g/mol. The number of thiophene rings is 1. The van der Waals surface area contributed by atoms with Crippen molar-refractivity contribution in [2.24, 2.45) is 11.8 Å². The molecule has 0 saturated carbocycles. The van der Waals surface area contributed by atoms with Crippen LogP contribution in [0.5, 0.6) is 0 Å². The van der Waals surface area contributed by atoms with Crippen LogP contribution in [0.4, 0.5) is 0 Å². The Labute approximate surface area is 107 Å². The molecule has 1 atom stereocenters. The second-order valence-corrected chi connectivity index (χ2v) is 5.31. The molecular formula is C13H18N2OS. The smallest absolute Gasteiger partial charge is 0.240 e. The Morgan fingerprint density at radius 1 is 1.59 bits per heavy atom. The molecule has 0 aliphatic heterocycles. The van der Waals surface area contributed by atoms with Gasteiger partial charge in [0.05, 0.1) is 12.6 Å². The zero-order chi connectivity index (χ0) is 12.8. The summed E-state index contributed by atoms with van der Waals surface area (Å²) < 4.78 is 0. The third-order valence-corrected chi connectivity index (χ3v) is 3.55. The first-order valence-electron chi connectivity index (χ1n) is 5.81. The van der Waals surface area contributed by atoms with E-state index in [4.69, 9.17) is 5.26 Å². The van der Waals surface area contributed by atoms with Gasteiger partial charge in [0.15, 0.2) is 0 Å². The predicted octanol–water partition coefficient (Wildman–Crippen LogP) is 2.89. The Bertz CT molecular complexity index is 392. The van der Waals surface area contributed by atoms with Gasteiger partial charge in [-0.05, 0) is 24.3 Å². The molecule has 17 heavy (non-hydrogen) atoms. The highest BCUT2D eigenvalue weighted by molar-refractivity contribution is 7.09. The van der Waals surface area contributed by atoms with Crippen LogP contribution < -0.4 is 0 Å². The van der Waals surface area contributed by atoms with Crippen molar-refractivity contribution in [3.05, 3.63) is 22.4 Å². The van der Waals surface area contributed by atoms with E-state index in [2.05, 4.69) is 6.07 Å². The van der Waals surface area contributed by atoms with E-state index < -0.39 is 5.92 Å². The van der Waals surface area contributed by atoms with Gasteiger partial charge >= 0.3 is 0 Å². The summed E-state index contributed by atoms with van der Waals surface area (Å²) in [5.41, 5.74) is 0. The van der Waals surface area contributed by atoms with Gasteiger partial charge in [0.25, 0.3) is 0 Å². The fourth-order valence-electron chi connectivity index (χ4n) is 1.62. The minimum Gasteiger partial charge on any atom is -0.337 e. The molecule has 1 aromatic heterocycles. The Hall–Kier alpha value is -1.34. The molecule has 1 unspecified atom stereocenters. The number of amides is 1. The Balaban J connectivity index is 2.74. The van der Waals surface area contributed by atoms with Crippen molar-refractivity contribution in [3.63, 3.8) is 0 Å². The van der Waals surface area contributed by atoms with Crippen LogP contribution in [0.2, 0.25) is 0 Å². The Morgan fingerprint density at radius 2 is 2.29 bits per heavy atom. The van der Waals surface area contributed by atoms with E-state index in [0.717, 1.165) is 4.88 Å². The van der Waals surface area contributed by atoms with E-state index in [1.807, 2.05) is 38.3 Å². The van der Waals surface area contributed by atoms with E-state index in [1.165, 1.54) is 0 Å². The predicted molar refractivity (Wildman–Crippen MR) is 69.4 cm³/mol. The molecule has 0 saturated heterocycles. The normalized spacial score (nSPS) is 12.2. The van der Waals surface area contributed by atoms with E-state index in [-0.39, 0.29) is 11.8 Å². The molecule has 0 bridgehead atoms. The van der Waals surface area contributed by atoms with Gasteiger partial charge in [0, 0.05) is 11.4 Å². The molecule has 0 N–H and O–H groups in total. The van der Waals surface area contributed by atoms with Crippen molar-refractivity contribution < 1.29 is 4.79 Å². The van der Waals surface area contributed by atoms with Crippen molar-refractivity contribution in [1.82, 2.24) is 4.90 Å². The van der Waals surface area contributed by atoms with Crippen molar-refractivity contribution in [1.29, 1.82) is 5.26 Å². The molecule has 1 amide bonds. The summed E-state index contributed by atoms with van der Waals surface area (Å²) >= 11 is 1.63. The van der Waals surface area contributed by atoms with Gasteiger partial charge in [-0.3, -0.25) is 4.79 Å². The topological polar surface area (TPSA) is 44.1 Å². The molecule has 1 heterocycles. The van der Waals surface area contributed by atoms with Gasteiger partial charge in [-0.2, -0.15) is 5.26 Å². The highest BCUT2D eigenvalue weighted by Gasteiger charge is 2.26. The second kappa shape index (κ2) is 6.41. The van der Waals surface area contributed by atoms with E-state index in [9.17, 15) is 4.79 Å². The molecular weight excluding hydrogens is 232 g/mol. The molecule has 0 fully saturated rings. The lowest BCUT2D eigenvalue weighted by Gasteiger charge is -2.24. The number of hydrogen-bond donors (Lipinski definition) is 0. The van der Waals surface area contributed by atoms with Crippen molar-refractivity contribution >= 4 is 17.2 Å². The fourth-order valence-corrected chi connectivity index (χ4v) is 2.34. The maximum atomic E-state index is 12.2. The number of carbonyl (C=O) groups is 1. The summed E-state index contributed by atoms with van der Waals surface area (Å²) in [5.74, 6) is -0.529. The summed E-state index contributed by atoms with van der Waals surface area (Å²) in [6.45, 7) is 7.01. The SMILES string of the molecule is CCN(Cc1cccs1)C(=O)C(C#N)C(C)C. The highest BCUT2D eigenvalue weighted by Crippen LogP contribution is 2.17.